The fourth-order valence-corrected chi connectivity index (χ4v) is 0.895. The average Bonchev–Trinajstić information content (AvgIpc) is 2.12. The first-order valence-corrected chi connectivity index (χ1v) is 2.77. The van der Waals surface area contributed by atoms with Crippen LogP contribution in [0.2, 0.25) is 0 Å². The average molecular weight is 116 g/mol. The lowest BCUT2D eigenvalue weighted by Crippen LogP contribution is -2.29. The monoisotopic (exact) mass is 116 g/mol. The number of carboxylic acids is 1. The fourth-order valence-electron chi connectivity index (χ4n) is 0.895. The minimum atomic E-state index is -0.720. The summed E-state index contributed by atoms with van der Waals surface area (Å²) in [5.74, 6) is -0.720. The molecule has 0 aromatic heterocycles. The lowest BCUT2D eigenvalue weighted by Gasteiger charge is -1.99. The Balaban J connectivity index is 0.000000640. The van der Waals surface area contributed by atoms with Crippen LogP contribution in [-0.2, 0) is 4.79 Å². The van der Waals surface area contributed by atoms with E-state index in [1.807, 2.05) is 0 Å². The molecule has 0 amide bonds. The van der Waals surface area contributed by atoms with E-state index in [1.165, 1.54) is 0 Å². The SMILES string of the molecule is O=C(O)C1CCCN1.[H+]. The maximum atomic E-state index is 10.1. The van der Waals surface area contributed by atoms with E-state index in [0.717, 1.165) is 19.4 Å². The highest BCUT2D eigenvalue weighted by Crippen LogP contribution is 2.03. The third-order valence-corrected chi connectivity index (χ3v) is 1.36. The molecule has 0 radical (unpaired) electrons. The quantitative estimate of drug-likeness (QED) is 0.504. The number of carboxylic acid groups (broad SMARTS) is 1. The maximum absolute atomic E-state index is 10.1. The molecule has 3 nitrogen and oxygen atoms in total. The summed E-state index contributed by atoms with van der Waals surface area (Å²) in [5, 5.41) is 11.2. The topological polar surface area (TPSA) is 49.3 Å². The molecule has 0 bridgehead atoms. The first-order chi connectivity index (χ1) is 3.80. The third-order valence-electron chi connectivity index (χ3n) is 1.36. The molecule has 1 atom stereocenters. The van der Waals surface area contributed by atoms with Crippen molar-refractivity contribution in [3.05, 3.63) is 0 Å². The summed E-state index contributed by atoms with van der Waals surface area (Å²) in [6, 6.07) is -0.269. The molecular weight excluding hydrogens is 106 g/mol. The van der Waals surface area contributed by atoms with Gasteiger partial charge in [-0.25, -0.2) is 0 Å². The zero-order chi connectivity index (χ0) is 5.98. The number of hydrogen-bond acceptors (Lipinski definition) is 2. The van der Waals surface area contributed by atoms with Crippen LogP contribution in [0.15, 0.2) is 0 Å². The molecule has 1 saturated heterocycles. The molecule has 8 heavy (non-hydrogen) atoms. The van der Waals surface area contributed by atoms with Crippen LogP contribution in [0.3, 0.4) is 0 Å². The van der Waals surface area contributed by atoms with Crippen molar-refractivity contribution >= 4 is 5.97 Å². The molecule has 2 N–H and O–H groups in total. The van der Waals surface area contributed by atoms with E-state index in [4.69, 9.17) is 5.11 Å². The summed E-state index contributed by atoms with van der Waals surface area (Å²) in [7, 11) is 0. The van der Waals surface area contributed by atoms with Crippen LogP contribution in [0.1, 0.15) is 14.3 Å². The van der Waals surface area contributed by atoms with E-state index >= 15 is 0 Å². The first kappa shape index (κ1) is 5.56. The molecule has 46 valence electrons. The smallest absolute Gasteiger partial charge is 0.480 e. The zero-order valence-electron chi connectivity index (χ0n) is 5.55. The van der Waals surface area contributed by atoms with Gasteiger partial charge in [0.05, 0.1) is 0 Å². The molecule has 1 unspecified atom stereocenters. The highest BCUT2D eigenvalue weighted by atomic mass is 16.4. The van der Waals surface area contributed by atoms with Crippen LogP contribution in [0, 0.1) is 0 Å². The third kappa shape index (κ3) is 0.980. The van der Waals surface area contributed by atoms with Crippen molar-refractivity contribution in [1.82, 2.24) is 5.32 Å². The van der Waals surface area contributed by atoms with Gasteiger partial charge in [0.25, 0.3) is 0 Å². The van der Waals surface area contributed by atoms with Crippen LogP contribution in [-0.4, -0.2) is 23.7 Å². The van der Waals surface area contributed by atoms with Crippen LogP contribution >= 0.6 is 0 Å². The zero-order valence-corrected chi connectivity index (χ0v) is 4.55. The molecule has 1 heterocycles. The Hall–Kier alpha value is -0.570. The van der Waals surface area contributed by atoms with Gasteiger partial charge in [-0.2, -0.15) is 0 Å². The Bertz CT molecular complexity index is 101. The lowest BCUT2D eigenvalue weighted by atomic mass is 10.2. The van der Waals surface area contributed by atoms with Crippen LogP contribution in [0.5, 0.6) is 0 Å². The van der Waals surface area contributed by atoms with Gasteiger partial charge in [0, 0.05) is 0 Å². The van der Waals surface area contributed by atoms with Crippen molar-refractivity contribution < 1.29 is 11.3 Å². The van der Waals surface area contributed by atoms with Gasteiger partial charge in [0.2, 0.25) is 0 Å². The maximum Gasteiger partial charge on any atom is 1.00 e. The van der Waals surface area contributed by atoms with Crippen molar-refractivity contribution in [3.63, 3.8) is 0 Å². The van der Waals surface area contributed by atoms with Crippen molar-refractivity contribution in [2.45, 2.75) is 18.9 Å². The van der Waals surface area contributed by atoms with Gasteiger partial charge in [-0.05, 0) is 19.4 Å². The Morgan fingerprint density at radius 2 is 2.62 bits per heavy atom. The van der Waals surface area contributed by atoms with E-state index in [1.54, 1.807) is 0 Å². The highest BCUT2D eigenvalue weighted by Gasteiger charge is 2.20. The summed E-state index contributed by atoms with van der Waals surface area (Å²) in [6.07, 6.45) is 1.78. The van der Waals surface area contributed by atoms with E-state index in [2.05, 4.69) is 5.32 Å². The van der Waals surface area contributed by atoms with Gasteiger partial charge in [-0.3, -0.25) is 4.79 Å². The number of aliphatic carboxylic acids is 1. The minimum absolute atomic E-state index is 0. The summed E-state index contributed by atoms with van der Waals surface area (Å²) < 4.78 is 0. The molecule has 1 aliphatic rings. The highest BCUT2D eigenvalue weighted by molar-refractivity contribution is 5.73. The summed E-state index contributed by atoms with van der Waals surface area (Å²) in [6.45, 7) is 0.858. The lowest BCUT2D eigenvalue weighted by molar-refractivity contribution is -0.139. The molecule has 1 fully saturated rings. The van der Waals surface area contributed by atoms with E-state index < -0.39 is 5.97 Å². The van der Waals surface area contributed by atoms with Crippen LogP contribution in [0.4, 0.5) is 0 Å². The van der Waals surface area contributed by atoms with E-state index in [0.29, 0.717) is 0 Å². The molecule has 1 aliphatic heterocycles. The van der Waals surface area contributed by atoms with Gasteiger partial charge in [-0.15, -0.1) is 0 Å². The van der Waals surface area contributed by atoms with E-state index in [-0.39, 0.29) is 7.47 Å². The van der Waals surface area contributed by atoms with Gasteiger partial charge < -0.3 is 10.4 Å². The molecule has 0 saturated carbocycles. The van der Waals surface area contributed by atoms with Crippen molar-refractivity contribution in [2.75, 3.05) is 6.54 Å². The largest absolute Gasteiger partial charge is 1.00 e. The molecule has 0 aromatic carbocycles. The second-order valence-corrected chi connectivity index (χ2v) is 1.99. The number of carbonyl (C=O) groups is 1. The van der Waals surface area contributed by atoms with Crippen molar-refractivity contribution in [1.29, 1.82) is 0 Å². The van der Waals surface area contributed by atoms with Gasteiger partial charge in [-0.1, -0.05) is 0 Å². The summed E-state index contributed by atoms with van der Waals surface area (Å²) in [4.78, 5) is 10.1. The predicted molar refractivity (Wildman–Crippen MR) is 29.8 cm³/mol. The summed E-state index contributed by atoms with van der Waals surface area (Å²) in [5.41, 5.74) is 0. The van der Waals surface area contributed by atoms with E-state index in [9.17, 15) is 4.79 Å². The first-order valence-electron chi connectivity index (χ1n) is 2.77. The Kier molecular flexibility index (Phi) is 1.48. The van der Waals surface area contributed by atoms with Crippen molar-refractivity contribution in [3.8, 4) is 0 Å². The molecule has 0 spiro atoms. The van der Waals surface area contributed by atoms with Gasteiger partial charge in [0.15, 0.2) is 0 Å². The van der Waals surface area contributed by atoms with Crippen molar-refractivity contribution in [2.24, 2.45) is 0 Å². The summed E-state index contributed by atoms with van der Waals surface area (Å²) >= 11 is 0. The second-order valence-electron chi connectivity index (χ2n) is 1.99. The Morgan fingerprint density at radius 3 is 2.88 bits per heavy atom. The molecular formula is C5H10NO2+. The van der Waals surface area contributed by atoms with Crippen LogP contribution in [0.25, 0.3) is 0 Å². The number of rotatable bonds is 1. The van der Waals surface area contributed by atoms with Gasteiger partial charge >= 0.3 is 7.40 Å². The van der Waals surface area contributed by atoms with Gasteiger partial charge in [0.1, 0.15) is 6.04 Å². The standard InChI is InChI=1S/C5H9NO2/c7-5(8)4-2-1-3-6-4/h4,6H,1-3H2,(H,7,8)/p+1. The number of hydrogen-bond donors (Lipinski definition) is 2. The molecule has 0 aromatic rings. The minimum Gasteiger partial charge on any atom is -0.480 e. The Morgan fingerprint density at radius 1 is 1.88 bits per heavy atom. The molecule has 1 rings (SSSR count). The Labute approximate surface area is 49.2 Å². The number of nitrogens with one attached hydrogen (secondary N) is 1. The normalized spacial score (nSPS) is 28.2. The molecule has 3 heteroatoms. The predicted octanol–water partition coefficient (Wildman–Crippen LogP) is -0.0645. The van der Waals surface area contributed by atoms with Crippen LogP contribution < -0.4 is 5.32 Å². The fraction of sp³-hybridized carbons (Fsp3) is 0.800. The molecule has 0 aliphatic carbocycles. The second kappa shape index (κ2) is 2.13.